The lowest BCUT2D eigenvalue weighted by Gasteiger charge is -2.08. The van der Waals surface area contributed by atoms with Gasteiger partial charge in [-0.3, -0.25) is 4.98 Å². The molecule has 4 heteroatoms. The van der Waals surface area contributed by atoms with E-state index >= 15 is 0 Å². The summed E-state index contributed by atoms with van der Waals surface area (Å²) >= 11 is 3.34. The molecule has 1 aliphatic rings. The first-order chi connectivity index (χ1) is 5.77. The second-order valence-electron chi connectivity index (χ2n) is 3.26. The van der Waals surface area contributed by atoms with Crippen LogP contribution in [0.25, 0.3) is 0 Å². The smallest absolute Gasteiger partial charge is 0.0574 e. The average Bonchev–Trinajstić information content (AvgIpc) is 2.87. The molecule has 0 unspecified atom stereocenters. The molecule has 0 saturated heterocycles. The van der Waals surface area contributed by atoms with Gasteiger partial charge in [0.25, 0.3) is 0 Å². The lowest BCUT2D eigenvalue weighted by Crippen LogP contribution is -2.13. The zero-order chi connectivity index (χ0) is 8.55. The summed E-state index contributed by atoms with van der Waals surface area (Å²) in [5.74, 6) is 0.679. The maximum Gasteiger partial charge on any atom is 0.0574 e. The molecule has 1 fully saturated rings. The number of halogens is 2. The molecule has 2 N–H and O–H groups in total. The van der Waals surface area contributed by atoms with Crippen LogP contribution in [0.4, 0.5) is 0 Å². The largest absolute Gasteiger partial charge is 0.322 e. The summed E-state index contributed by atoms with van der Waals surface area (Å²) in [6.07, 6.45) is 4.33. The Kier molecular flexibility index (Phi) is 3.71. The van der Waals surface area contributed by atoms with Gasteiger partial charge >= 0.3 is 0 Å². The number of hydrogen-bond acceptors (Lipinski definition) is 2. The van der Waals surface area contributed by atoms with Gasteiger partial charge in [0.1, 0.15) is 0 Å². The molecule has 1 heterocycles. The summed E-state index contributed by atoms with van der Waals surface area (Å²) in [5, 5.41) is 0. The summed E-state index contributed by atoms with van der Waals surface area (Å²) in [7, 11) is 0. The van der Waals surface area contributed by atoms with Gasteiger partial charge in [0, 0.05) is 16.7 Å². The van der Waals surface area contributed by atoms with Gasteiger partial charge in [-0.05, 0) is 46.8 Å². The number of nitrogens with zero attached hydrogens (tertiary/aromatic N) is 1. The number of pyridine rings is 1. The normalized spacial score (nSPS) is 17.7. The average molecular weight is 264 g/mol. The van der Waals surface area contributed by atoms with Crippen LogP contribution < -0.4 is 5.73 Å². The highest BCUT2D eigenvalue weighted by Gasteiger charge is 2.30. The van der Waals surface area contributed by atoms with Gasteiger partial charge in [-0.2, -0.15) is 0 Å². The number of rotatable bonds is 2. The minimum atomic E-state index is 0. The van der Waals surface area contributed by atoms with E-state index in [4.69, 9.17) is 5.73 Å². The van der Waals surface area contributed by atoms with Crippen molar-refractivity contribution in [2.75, 3.05) is 0 Å². The minimum absolute atomic E-state index is 0. The van der Waals surface area contributed by atoms with Crippen molar-refractivity contribution in [3.8, 4) is 0 Å². The van der Waals surface area contributed by atoms with E-state index < -0.39 is 0 Å². The second-order valence-corrected chi connectivity index (χ2v) is 4.18. The van der Waals surface area contributed by atoms with Crippen molar-refractivity contribution in [2.24, 2.45) is 11.7 Å². The highest BCUT2D eigenvalue weighted by atomic mass is 79.9. The van der Waals surface area contributed by atoms with Crippen LogP contribution in [-0.4, -0.2) is 4.98 Å². The van der Waals surface area contributed by atoms with Gasteiger partial charge in [0.05, 0.1) is 5.69 Å². The fourth-order valence-electron chi connectivity index (χ4n) is 1.28. The van der Waals surface area contributed by atoms with Gasteiger partial charge in [-0.1, -0.05) is 0 Å². The second kappa shape index (κ2) is 4.40. The maximum absolute atomic E-state index is 5.97. The Bertz CT molecular complexity index is 271. The molecule has 72 valence electrons. The fourth-order valence-corrected chi connectivity index (χ4v) is 1.52. The lowest BCUT2D eigenvalue weighted by molar-refractivity contribution is 0.614. The molecule has 13 heavy (non-hydrogen) atoms. The maximum atomic E-state index is 5.97. The van der Waals surface area contributed by atoms with Crippen LogP contribution in [0.15, 0.2) is 22.8 Å². The predicted molar refractivity (Wildman–Crippen MR) is 58.8 cm³/mol. The summed E-state index contributed by atoms with van der Waals surface area (Å²) in [4.78, 5) is 4.27. The summed E-state index contributed by atoms with van der Waals surface area (Å²) < 4.78 is 1.01. The summed E-state index contributed by atoms with van der Waals surface area (Å²) in [6.45, 7) is 0. The van der Waals surface area contributed by atoms with E-state index in [1.165, 1.54) is 12.8 Å². The van der Waals surface area contributed by atoms with E-state index in [1.54, 1.807) is 6.20 Å². The van der Waals surface area contributed by atoms with Gasteiger partial charge in [-0.25, -0.2) is 0 Å². The molecule has 2 rings (SSSR count). The van der Waals surface area contributed by atoms with E-state index in [9.17, 15) is 0 Å². The van der Waals surface area contributed by atoms with Crippen molar-refractivity contribution in [3.63, 3.8) is 0 Å². The molecule has 1 aromatic heterocycles. The third kappa shape index (κ3) is 2.66. The van der Waals surface area contributed by atoms with E-state index in [0.29, 0.717) is 5.92 Å². The van der Waals surface area contributed by atoms with Crippen LogP contribution in [0, 0.1) is 5.92 Å². The number of nitrogens with two attached hydrogens (primary N) is 1. The molecule has 2 nitrogen and oxygen atoms in total. The Hall–Kier alpha value is -0.120. The molecular formula is C9H12BrClN2. The van der Waals surface area contributed by atoms with Crippen LogP contribution in [-0.2, 0) is 0 Å². The molecule has 1 aromatic rings. The number of hydrogen-bond donors (Lipinski definition) is 1. The Morgan fingerprint density at radius 1 is 1.46 bits per heavy atom. The monoisotopic (exact) mass is 262 g/mol. The first-order valence-electron chi connectivity index (χ1n) is 4.14. The van der Waals surface area contributed by atoms with Crippen molar-refractivity contribution in [1.82, 2.24) is 4.98 Å². The summed E-state index contributed by atoms with van der Waals surface area (Å²) in [5.41, 5.74) is 6.99. The van der Waals surface area contributed by atoms with Crippen molar-refractivity contribution in [2.45, 2.75) is 18.9 Å². The quantitative estimate of drug-likeness (QED) is 0.891. The van der Waals surface area contributed by atoms with Gasteiger partial charge in [-0.15, -0.1) is 12.4 Å². The highest BCUT2D eigenvalue weighted by molar-refractivity contribution is 9.10. The van der Waals surface area contributed by atoms with Crippen LogP contribution in [0.5, 0.6) is 0 Å². The molecular weight excluding hydrogens is 251 g/mol. The van der Waals surface area contributed by atoms with Crippen molar-refractivity contribution < 1.29 is 0 Å². The fraction of sp³-hybridized carbons (Fsp3) is 0.444. The van der Waals surface area contributed by atoms with Crippen LogP contribution in [0.2, 0.25) is 0 Å². The topological polar surface area (TPSA) is 38.9 Å². The minimum Gasteiger partial charge on any atom is -0.322 e. The SMILES string of the molecule is Cl.N[C@@H](c1ccc(Br)cn1)C1CC1. The third-order valence-electron chi connectivity index (χ3n) is 2.22. The zero-order valence-corrected chi connectivity index (χ0v) is 9.51. The molecule has 0 spiro atoms. The van der Waals surface area contributed by atoms with E-state index in [2.05, 4.69) is 20.9 Å². The zero-order valence-electron chi connectivity index (χ0n) is 7.11. The molecule has 1 atom stereocenters. The molecule has 1 saturated carbocycles. The molecule has 0 bridgehead atoms. The van der Waals surface area contributed by atoms with Crippen LogP contribution >= 0.6 is 28.3 Å². The van der Waals surface area contributed by atoms with E-state index in [-0.39, 0.29) is 18.4 Å². The van der Waals surface area contributed by atoms with E-state index in [1.807, 2.05) is 12.1 Å². The predicted octanol–water partition coefficient (Wildman–Crippen LogP) is 2.68. The molecule has 0 aromatic carbocycles. The van der Waals surface area contributed by atoms with E-state index in [0.717, 1.165) is 10.2 Å². The highest BCUT2D eigenvalue weighted by Crippen LogP contribution is 2.38. The Balaban J connectivity index is 0.000000845. The van der Waals surface area contributed by atoms with Crippen LogP contribution in [0.1, 0.15) is 24.6 Å². The molecule has 0 radical (unpaired) electrons. The molecule has 0 amide bonds. The van der Waals surface area contributed by atoms with Crippen LogP contribution in [0.3, 0.4) is 0 Å². The van der Waals surface area contributed by atoms with Crippen molar-refractivity contribution in [3.05, 3.63) is 28.5 Å². The Morgan fingerprint density at radius 2 is 2.15 bits per heavy atom. The van der Waals surface area contributed by atoms with Gasteiger partial charge in [0.15, 0.2) is 0 Å². The van der Waals surface area contributed by atoms with Gasteiger partial charge in [0.2, 0.25) is 0 Å². The summed E-state index contributed by atoms with van der Waals surface area (Å²) in [6, 6.07) is 4.13. The Labute approximate surface area is 92.5 Å². The third-order valence-corrected chi connectivity index (χ3v) is 2.69. The molecule has 0 aliphatic heterocycles. The Morgan fingerprint density at radius 3 is 2.62 bits per heavy atom. The number of aromatic nitrogens is 1. The standard InChI is InChI=1S/C9H11BrN2.ClH/c10-7-3-4-8(12-5-7)9(11)6-1-2-6;/h3-6,9H,1-2,11H2;1H/t9-;/m1./s1. The molecule has 1 aliphatic carbocycles. The first-order valence-corrected chi connectivity index (χ1v) is 4.93. The van der Waals surface area contributed by atoms with Crippen molar-refractivity contribution >= 4 is 28.3 Å². The first kappa shape index (κ1) is 11.0. The van der Waals surface area contributed by atoms with Gasteiger partial charge < -0.3 is 5.73 Å². The lowest BCUT2D eigenvalue weighted by atomic mass is 10.1. The van der Waals surface area contributed by atoms with Crippen molar-refractivity contribution in [1.29, 1.82) is 0 Å².